The number of hydrazone groups is 1. The molecule has 0 bridgehead atoms. The number of hydrogen-bond donors (Lipinski definition) is 2. The molecule has 0 saturated heterocycles. The van der Waals surface area contributed by atoms with Gasteiger partial charge >= 0.3 is 5.97 Å². The van der Waals surface area contributed by atoms with Crippen LogP contribution in [0.5, 0.6) is 0 Å². The predicted octanol–water partition coefficient (Wildman–Crippen LogP) is 2.73. The maximum Gasteiger partial charge on any atom is 0.303 e. The van der Waals surface area contributed by atoms with Gasteiger partial charge in [0.1, 0.15) is 0 Å². The van der Waals surface area contributed by atoms with Gasteiger partial charge in [0.15, 0.2) is 0 Å². The molecule has 0 aliphatic heterocycles. The number of benzene rings is 1. The summed E-state index contributed by atoms with van der Waals surface area (Å²) in [5.74, 6) is -0.791. The van der Waals surface area contributed by atoms with E-state index in [-0.39, 0.29) is 6.42 Å². The Bertz CT molecular complexity index is 361. The maximum absolute atomic E-state index is 10.4. The van der Waals surface area contributed by atoms with Crippen molar-refractivity contribution in [1.82, 2.24) is 0 Å². The number of carboxylic acid groups (broad SMARTS) is 1. The van der Waals surface area contributed by atoms with Crippen LogP contribution >= 0.6 is 0 Å². The van der Waals surface area contributed by atoms with Crippen LogP contribution in [0.4, 0.5) is 5.69 Å². The third-order valence-electron chi connectivity index (χ3n) is 2.15. The van der Waals surface area contributed by atoms with Crippen molar-refractivity contribution in [2.24, 2.45) is 5.10 Å². The van der Waals surface area contributed by atoms with Crippen molar-refractivity contribution < 1.29 is 9.90 Å². The fraction of sp³-hybridized carbons (Fsp3) is 0.333. The summed E-state index contributed by atoms with van der Waals surface area (Å²) >= 11 is 0. The van der Waals surface area contributed by atoms with Gasteiger partial charge in [0, 0.05) is 5.71 Å². The number of carboxylic acids is 1. The summed E-state index contributed by atoms with van der Waals surface area (Å²) in [5.41, 5.74) is 4.69. The van der Waals surface area contributed by atoms with Gasteiger partial charge < -0.3 is 5.11 Å². The highest BCUT2D eigenvalue weighted by Gasteiger charge is 2.01. The largest absolute Gasteiger partial charge is 0.481 e. The van der Waals surface area contributed by atoms with E-state index in [4.69, 9.17) is 5.11 Å². The molecule has 1 rings (SSSR count). The van der Waals surface area contributed by atoms with Crippen LogP contribution < -0.4 is 5.43 Å². The van der Waals surface area contributed by atoms with Gasteiger partial charge in [-0.2, -0.15) is 5.10 Å². The molecule has 0 aromatic heterocycles. The summed E-state index contributed by atoms with van der Waals surface area (Å²) in [5, 5.41) is 12.8. The Morgan fingerprint density at radius 3 is 2.56 bits per heavy atom. The summed E-state index contributed by atoms with van der Waals surface area (Å²) in [6.07, 6.45) is 1.38. The first-order chi connectivity index (χ1) is 7.72. The van der Waals surface area contributed by atoms with E-state index in [0.29, 0.717) is 6.42 Å². The van der Waals surface area contributed by atoms with Gasteiger partial charge in [0.05, 0.1) is 12.1 Å². The van der Waals surface area contributed by atoms with Crippen molar-refractivity contribution in [1.29, 1.82) is 0 Å². The molecular weight excluding hydrogens is 204 g/mol. The van der Waals surface area contributed by atoms with Crippen molar-refractivity contribution in [3.05, 3.63) is 30.3 Å². The second kappa shape index (κ2) is 6.61. The molecule has 4 heteroatoms. The number of hydrogen-bond acceptors (Lipinski definition) is 3. The highest BCUT2D eigenvalue weighted by atomic mass is 16.4. The molecule has 0 unspecified atom stereocenters. The standard InChI is InChI=1S/C12H16N2O2/c1-2-10(8-9-12(15)16)13-14-11-6-4-3-5-7-11/h3-7,14H,2,8-9H2,1H3,(H,15,16). The zero-order valence-electron chi connectivity index (χ0n) is 9.31. The van der Waals surface area contributed by atoms with Crippen LogP contribution in [0.15, 0.2) is 35.4 Å². The van der Waals surface area contributed by atoms with Crippen molar-refractivity contribution in [3.63, 3.8) is 0 Å². The lowest BCUT2D eigenvalue weighted by molar-refractivity contribution is -0.136. The zero-order valence-corrected chi connectivity index (χ0v) is 9.31. The van der Waals surface area contributed by atoms with Crippen molar-refractivity contribution in [2.75, 3.05) is 5.43 Å². The molecule has 16 heavy (non-hydrogen) atoms. The first-order valence-electron chi connectivity index (χ1n) is 5.30. The molecule has 0 atom stereocenters. The van der Waals surface area contributed by atoms with Crippen molar-refractivity contribution in [3.8, 4) is 0 Å². The van der Waals surface area contributed by atoms with Crippen LogP contribution in [0.3, 0.4) is 0 Å². The molecule has 86 valence electrons. The third-order valence-corrected chi connectivity index (χ3v) is 2.15. The lowest BCUT2D eigenvalue weighted by atomic mass is 10.2. The minimum absolute atomic E-state index is 0.128. The highest BCUT2D eigenvalue weighted by molar-refractivity contribution is 5.87. The number of aliphatic carboxylic acids is 1. The van der Waals surface area contributed by atoms with E-state index in [1.54, 1.807) is 0 Å². The summed E-state index contributed by atoms with van der Waals surface area (Å²) < 4.78 is 0. The molecule has 0 aliphatic carbocycles. The third kappa shape index (κ3) is 4.59. The second-order valence-electron chi connectivity index (χ2n) is 3.40. The molecular formula is C12H16N2O2. The summed E-state index contributed by atoms with van der Waals surface area (Å²) in [7, 11) is 0. The van der Waals surface area contributed by atoms with Gasteiger partial charge in [-0.1, -0.05) is 25.1 Å². The Hall–Kier alpha value is -1.84. The predicted molar refractivity (Wildman–Crippen MR) is 64.7 cm³/mol. The molecule has 0 saturated carbocycles. The lowest BCUT2D eigenvalue weighted by Gasteiger charge is -2.04. The topological polar surface area (TPSA) is 61.7 Å². The van der Waals surface area contributed by atoms with Crippen LogP contribution in [-0.2, 0) is 4.79 Å². The molecule has 0 spiro atoms. The molecule has 2 N–H and O–H groups in total. The number of nitrogens with one attached hydrogen (secondary N) is 1. The molecule has 0 fully saturated rings. The van der Waals surface area contributed by atoms with E-state index in [1.807, 2.05) is 37.3 Å². The van der Waals surface area contributed by atoms with E-state index >= 15 is 0 Å². The Balaban J connectivity index is 2.50. The lowest BCUT2D eigenvalue weighted by Crippen LogP contribution is -2.05. The zero-order chi connectivity index (χ0) is 11.8. The van der Waals surface area contributed by atoms with Gasteiger partial charge in [-0.05, 0) is 25.0 Å². The maximum atomic E-state index is 10.4. The number of anilines is 1. The number of nitrogens with zero attached hydrogens (tertiary/aromatic N) is 1. The van der Waals surface area contributed by atoms with E-state index in [9.17, 15) is 4.79 Å². The van der Waals surface area contributed by atoms with E-state index in [1.165, 1.54) is 0 Å². The summed E-state index contributed by atoms with van der Waals surface area (Å²) in [6.45, 7) is 1.97. The molecule has 1 aromatic rings. The van der Waals surface area contributed by atoms with Crippen LogP contribution in [0.2, 0.25) is 0 Å². The van der Waals surface area contributed by atoms with Gasteiger partial charge in [-0.15, -0.1) is 0 Å². The number of para-hydroxylation sites is 1. The second-order valence-corrected chi connectivity index (χ2v) is 3.40. The highest BCUT2D eigenvalue weighted by Crippen LogP contribution is 2.06. The summed E-state index contributed by atoms with van der Waals surface area (Å²) in [6, 6.07) is 9.59. The van der Waals surface area contributed by atoms with Crippen molar-refractivity contribution >= 4 is 17.4 Å². The van der Waals surface area contributed by atoms with E-state index in [2.05, 4.69) is 10.5 Å². The first-order valence-corrected chi connectivity index (χ1v) is 5.30. The number of carbonyl (C=O) groups is 1. The van der Waals surface area contributed by atoms with Crippen LogP contribution in [-0.4, -0.2) is 16.8 Å². The average molecular weight is 220 g/mol. The Morgan fingerprint density at radius 1 is 1.31 bits per heavy atom. The van der Waals surface area contributed by atoms with Gasteiger partial charge in [-0.25, -0.2) is 0 Å². The van der Waals surface area contributed by atoms with Crippen molar-refractivity contribution in [2.45, 2.75) is 26.2 Å². The number of rotatable bonds is 6. The molecule has 0 radical (unpaired) electrons. The van der Waals surface area contributed by atoms with E-state index in [0.717, 1.165) is 17.8 Å². The monoisotopic (exact) mass is 220 g/mol. The van der Waals surface area contributed by atoms with Crippen LogP contribution in [0.1, 0.15) is 26.2 Å². The normalized spacial score (nSPS) is 11.2. The SMILES string of the molecule is CCC(CCC(=O)O)=NNc1ccccc1. The van der Waals surface area contributed by atoms with Gasteiger partial charge in [0.2, 0.25) is 0 Å². The van der Waals surface area contributed by atoms with Gasteiger partial charge in [0.25, 0.3) is 0 Å². The molecule has 4 nitrogen and oxygen atoms in total. The quantitative estimate of drug-likeness (QED) is 0.572. The Labute approximate surface area is 95.0 Å². The molecule has 0 aliphatic rings. The van der Waals surface area contributed by atoms with Crippen LogP contribution in [0, 0.1) is 0 Å². The molecule has 0 heterocycles. The van der Waals surface area contributed by atoms with Gasteiger partial charge in [-0.3, -0.25) is 10.2 Å². The minimum atomic E-state index is -0.791. The molecule has 1 aromatic carbocycles. The summed E-state index contributed by atoms with van der Waals surface area (Å²) in [4.78, 5) is 10.4. The average Bonchev–Trinajstić information content (AvgIpc) is 2.30. The first kappa shape index (κ1) is 12.2. The van der Waals surface area contributed by atoms with Crippen LogP contribution in [0.25, 0.3) is 0 Å². The fourth-order valence-electron chi connectivity index (χ4n) is 1.22. The fourth-order valence-corrected chi connectivity index (χ4v) is 1.22. The Kier molecular flexibility index (Phi) is 5.05. The Morgan fingerprint density at radius 2 is 2.00 bits per heavy atom. The van der Waals surface area contributed by atoms with E-state index < -0.39 is 5.97 Å². The smallest absolute Gasteiger partial charge is 0.303 e. The molecule has 0 amide bonds. The minimum Gasteiger partial charge on any atom is -0.481 e.